The molecular weight excluding hydrogens is 774 g/mol. The Labute approximate surface area is 361 Å². The molecule has 2 rings (SSSR count). The summed E-state index contributed by atoms with van der Waals surface area (Å²) in [5, 5.41) is 86.3. The third-order valence-corrected chi connectivity index (χ3v) is 12.0. The van der Waals surface area contributed by atoms with E-state index in [1.807, 2.05) is 6.08 Å². The van der Waals surface area contributed by atoms with E-state index in [2.05, 4.69) is 19.2 Å². The minimum Gasteiger partial charge on any atom is -0.394 e. The van der Waals surface area contributed by atoms with Gasteiger partial charge >= 0.3 is 0 Å². The van der Waals surface area contributed by atoms with Gasteiger partial charge < -0.3 is 65.1 Å². The number of hydrogen-bond acceptors (Lipinski definition) is 13. The predicted octanol–water partition coefficient (Wildman–Crippen LogP) is 5.21. The molecule has 12 atom stereocenters. The molecule has 14 nitrogen and oxygen atoms in total. The standard InChI is InChI=1S/C46H87NO13/c1-3-5-7-9-11-12-13-14-15-16-17-18-19-20-21-22-23-24-25-27-29-35(50)34(47-38(51)30-28-26-10-8-6-4-2)33-57-45-43(56)41(54)44(37(32-49)59-45)60-46-42(55)40(53)39(52)36(31-48)58-46/h27,29,34-37,39-46,48-50,52-56H,3-26,28,30-33H2,1-2H3,(H,47,51)/b29-27+. The van der Waals surface area contributed by atoms with Crippen LogP contribution >= 0.6 is 0 Å². The van der Waals surface area contributed by atoms with Crippen LogP contribution < -0.4 is 5.32 Å². The summed E-state index contributed by atoms with van der Waals surface area (Å²) >= 11 is 0. The molecule has 354 valence electrons. The maximum Gasteiger partial charge on any atom is 0.220 e. The lowest BCUT2D eigenvalue weighted by Gasteiger charge is -2.46. The van der Waals surface area contributed by atoms with E-state index < -0.39 is 86.8 Å². The summed E-state index contributed by atoms with van der Waals surface area (Å²) in [5.74, 6) is -0.249. The molecule has 0 aromatic rings. The van der Waals surface area contributed by atoms with Crippen LogP contribution in [-0.4, -0.2) is 140 Å². The second-order valence-electron chi connectivity index (χ2n) is 17.2. The van der Waals surface area contributed by atoms with Crippen molar-refractivity contribution in [3.63, 3.8) is 0 Å². The maximum atomic E-state index is 13.0. The van der Waals surface area contributed by atoms with Crippen LogP contribution in [0.2, 0.25) is 0 Å². The van der Waals surface area contributed by atoms with E-state index in [0.717, 1.165) is 51.4 Å². The van der Waals surface area contributed by atoms with Gasteiger partial charge in [-0.3, -0.25) is 4.79 Å². The minimum atomic E-state index is -1.78. The Morgan fingerprint density at radius 2 is 1.03 bits per heavy atom. The van der Waals surface area contributed by atoms with Crippen LogP contribution in [0, 0.1) is 0 Å². The van der Waals surface area contributed by atoms with Crippen LogP contribution in [-0.2, 0) is 23.7 Å². The number of carbonyl (C=O) groups is 1. The molecule has 0 bridgehead atoms. The largest absolute Gasteiger partial charge is 0.394 e. The molecule has 9 N–H and O–H groups in total. The van der Waals surface area contributed by atoms with Crippen molar-refractivity contribution in [1.29, 1.82) is 0 Å². The van der Waals surface area contributed by atoms with Gasteiger partial charge in [0.25, 0.3) is 0 Å². The van der Waals surface area contributed by atoms with Crippen molar-refractivity contribution in [3.05, 3.63) is 12.2 Å². The van der Waals surface area contributed by atoms with E-state index in [9.17, 15) is 45.6 Å². The van der Waals surface area contributed by atoms with Crippen molar-refractivity contribution >= 4 is 5.91 Å². The Hall–Kier alpha value is -1.27. The lowest BCUT2D eigenvalue weighted by atomic mass is 9.97. The molecule has 2 heterocycles. The summed E-state index contributed by atoms with van der Waals surface area (Å²) in [4.78, 5) is 13.0. The van der Waals surface area contributed by atoms with Gasteiger partial charge in [0.05, 0.1) is 32.0 Å². The SMILES string of the molecule is CCCCCCCCCCCCCCCCCCCC/C=C/C(O)C(COC1OC(CO)C(OC2OC(CO)C(O)C(O)C2O)C(O)C1O)NC(=O)CCCCCCCC. The lowest BCUT2D eigenvalue weighted by molar-refractivity contribution is -0.359. The Balaban J connectivity index is 1.79. The smallest absolute Gasteiger partial charge is 0.220 e. The van der Waals surface area contributed by atoms with Gasteiger partial charge in [0, 0.05) is 6.42 Å². The topological polar surface area (TPSA) is 228 Å². The van der Waals surface area contributed by atoms with Crippen LogP contribution in [0.3, 0.4) is 0 Å². The van der Waals surface area contributed by atoms with Gasteiger partial charge in [0.1, 0.15) is 48.8 Å². The highest BCUT2D eigenvalue weighted by Gasteiger charge is 2.51. The predicted molar refractivity (Wildman–Crippen MR) is 231 cm³/mol. The van der Waals surface area contributed by atoms with Gasteiger partial charge in [0.15, 0.2) is 12.6 Å². The number of unbranched alkanes of at least 4 members (excludes halogenated alkanes) is 23. The number of amides is 1. The molecule has 0 radical (unpaired) electrons. The second-order valence-corrected chi connectivity index (χ2v) is 17.2. The highest BCUT2D eigenvalue weighted by atomic mass is 16.7. The number of carbonyl (C=O) groups excluding carboxylic acids is 1. The van der Waals surface area contributed by atoms with Gasteiger partial charge in [-0.25, -0.2) is 0 Å². The average molecular weight is 862 g/mol. The summed E-state index contributed by atoms with van der Waals surface area (Å²) in [6.45, 7) is 2.71. The molecule has 2 aliphatic heterocycles. The molecule has 60 heavy (non-hydrogen) atoms. The van der Waals surface area contributed by atoms with E-state index in [4.69, 9.17) is 18.9 Å². The summed E-state index contributed by atoms with van der Waals surface area (Å²) in [6.07, 6.45) is 17.3. The number of aliphatic hydroxyl groups excluding tert-OH is 8. The molecule has 2 fully saturated rings. The molecule has 14 heteroatoms. The van der Waals surface area contributed by atoms with Crippen molar-refractivity contribution in [2.24, 2.45) is 0 Å². The lowest BCUT2D eigenvalue weighted by Crippen LogP contribution is -2.65. The third-order valence-electron chi connectivity index (χ3n) is 12.0. The van der Waals surface area contributed by atoms with Gasteiger partial charge in [-0.2, -0.15) is 0 Å². The van der Waals surface area contributed by atoms with Crippen molar-refractivity contribution in [2.75, 3.05) is 19.8 Å². The second kappa shape index (κ2) is 34.2. The summed E-state index contributed by atoms with van der Waals surface area (Å²) < 4.78 is 22.6. The van der Waals surface area contributed by atoms with E-state index >= 15 is 0 Å². The van der Waals surface area contributed by atoms with Gasteiger partial charge in [-0.05, 0) is 19.3 Å². The Bertz CT molecular complexity index is 1070. The summed E-state index contributed by atoms with van der Waals surface area (Å²) in [6, 6.07) is -0.905. The monoisotopic (exact) mass is 862 g/mol. The van der Waals surface area contributed by atoms with E-state index in [0.29, 0.717) is 6.42 Å². The van der Waals surface area contributed by atoms with Crippen LogP contribution in [0.4, 0.5) is 0 Å². The Morgan fingerprint density at radius 1 is 0.583 bits per heavy atom. The molecule has 0 aliphatic carbocycles. The van der Waals surface area contributed by atoms with Crippen molar-refractivity contribution in [3.8, 4) is 0 Å². The molecule has 0 saturated carbocycles. The third kappa shape index (κ3) is 21.9. The normalized spacial score (nSPS) is 28.3. The van der Waals surface area contributed by atoms with Crippen molar-refractivity contribution in [2.45, 2.75) is 254 Å². The highest BCUT2D eigenvalue weighted by Crippen LogP contribution is 2.30. The molecule has 12 unspecified atom stereocenters. The van der Waals surface area contributed by atoms with Gasteiger partial charge in [-0.1, -0.05) is 167 Å². The van der Waals surface area contributed by atoms with Crippen LogP contribution in [0.5, 0.6) is 0 Å². The first-order valence-electron chi connectivity index (χ1n) is 23.9. The fourth-order valence-electron chi connectivity index (χ4n) is 8.00. The molecular formula is C46H87NO13. The van der Waals surface area contributed by atoms with Crippen LogP contribution in [0.1, 0.15) is 181 Å². The van der Waals surface area contributed by atoms with E-state index in [1.54, 1.807) is 6.08 Å². The summed E-state index contributed by atoms with van der Waals surface area (Å²) in [5.41, 5.74) is 0. The van der Waals surface area contributed by atoms with Gasteiger partial charge in [-0.15, -0.1) is 0 Å². The molecule has 0 aromatic heterocycles. The quantitative estimate of drug-likeness (QED) is 0.0292. The summed E-state index contributed by atoms with van der Waals surface area (Å²) in [7, 11) is 0. The Kier molecular flexibility index (Phi) is 31.3. The number of allylic oxidation sites excluding steroid dienone is 1. The molecule has 0 aromatic carbocycles. The number of ether oxygens (including phenoxy) is 4. The zero-order chi connectivity index (χ0) is 44.0. The molecule has 2 saturated heterocycles. The number of rotatable bonds is 36. The van der Waals surface area contributed by atoms with Crippen LogP contribution in [0.15, 0.2) is 12.2 Å². The molecule has 0 spiro atoms. The van der Waals surface area contributed by atoms with E-state index in [-0.39, 0.29) is 18.9 Å². The Morgan fingerprint density at radius 3 is 1.53 bits per heavy atom. The number of hydrogen-bond donors (Lipinski definition) is 9. The van der Waals surface area contributed by atoms with Crippen molar-refractivity contribution < 1.29 is 64.6 Å². The fraction of sp³-hybridized carbons (Fsp3) is 0.935. The minimum absolute atomic E-state index is 0.249. The van der Waals surface area contributed by atoms with Crippen LogP contribution in [0.25, 0.3) is 0 Å². The van der Waals surface area contributed by atoms with Crippen molar-refractivity contribution in [1.82, 2.24) is 5.32 Å². The van der Waals surface area contributed by atoms with Gasteiger partial charge in [0.2, 0.25) is 5.91 Å². The van der Waals surface area contributed by atoms with E-state index in [1.165, 1.54) is 103 Å². The number of aliphatic hydroxyl groups is 8. The first-order chi connectivity index (χ1) is 29.1. The fourth-order valence-corrected chi connectivity index (χ4v) is 8.00. The zero-order valence-electron chi connectivity index (χ0n) is 37.2. The maximum absolute atomic E-state index is 13.0. The molecule has 2 aliphatic rings. The first kappa shape index (κ1) is 54.9. The number of nitrogens with one attached hydrogen (secondary N) is 1. The average Bonchev–Trinajstić information content (AvgIpc) is 3.24. The highest BCUT2D eigenvalue weighted by molar-refractivity contribution is 5.76. The first-order valence-corrected chi connectivity index (χ1v) is 23.9. The molecule has 1 amide bonds. The zero-order valence-corrected chi connectivity index (χ0v) is 37.2.